The molecular weight excluding hydrogens is 278 g/mol. The molecule has 0 fully saturated rings. The number of nitrogens with two attached hydrogens (primary N) is 1. The third-order valence-corrected chi connectivity index (χ3v) is 3.19. The zero-order chi connectivity index (χ0) is 15.2. The van der Waals surface area contributed by atoms with E-state index in [0.717, 1.165) is 16.9 Å². The molecule has 0 aliphatic carbocycles. The van der Waals surface area contributed by atoms with Crippen LogP contribution in [0.5, 0.6) is 5.75 Å². The Labute approximate surface area is 128 Å². The van der Waals surface area contributed by atoms with Crippen molar-refractivity contribution in [3.8, 4) is 17.1 Å². The molecule has 112 valence electrons. The van der Waals surface area contributed by atoms with Crippen LogP contribution in [0.1, 0.15) is 11.5 Å². The first kappa shape index (κ1) is 14.3. The second kappa shape index (κ2) is 6.87. The summed E-state index contributed by atoms with van der Waals surface area (Å²) in [5, 5.41) is 3.95. The average molecular weight is 295 g/mol. The van der Waals surface area contributed by atoms with Crippen molar-refractivity contribution >= 4 is 0 Å². The first-order chi connectivity index (χ1) is 10.8. The van der Waals surface area contributed by atoms with Gasteiger partial charge in [-0.1, -0.05) is 35.5 Å². The molecule has 0 atom stereocenters. The molecule has 0 spiro atoms. The van der Waals surface area contributed by atoms with Crippen molar-refractivity contribution in [2.75, 3.05) is 6.54 Å². The van der Waals surface area contributed by atoms with Gasteiger partial charge in [-0.15, -0.1) is 0 Å². The molecule has 22 heavy (non-hydrogen) atoms. The van der Waals surface area contributed by atoms with Crippen LogP contribution in [-0.4, -0.2) is 16.7 Å². The predicted octanol–water partition coefficient (Wildman–Crippen LogP) is 2.82. The van der Waals surface area contributed by atoms with Gasteiger partial charge in [0.1, 0.15) is 12.4 Å². The third kappa shape index (κ3) is 3.51. The monoisotopic (exact) mass is 295 g/mol. The number of aromatic nitrogens is 2. The van der Waals surface area contributed by atoms with Crippen molar-refractivity contribution in [2.45, 2.75) is 13.0 Å². The quantitative estimate of drug-likeness (QED) is 0.757. The van der Waals surface area contributed by atoms with E-state index in [9.17, 15) is 0 Å². The zero-order valence-electron chi connectivity index (χ0n) is 12.1. The summed E-state index contributed by atoms with van der Waals surface area (Å²) < 4.78 is 10.9. The smallest absolute Gasteiger partial charge is 0.228 e. The van der Waals surface area contributed by atoms with Gasteiger partial charge in [0.2, 0.25) is 11.7 Å². The molecular formula is C17H17N3O2. The molecule has 0 saturated heterocycles. The van der Waals surface area contributed by atoms with E-state index in [-0.39, 0.29) is 0 Å². The third-order valence-electron chi connectivity index (χ3n) is 3.19. The van der Waals surface area contributed by atoms with E-state index in [0.29, 0.717) is 31.3 Å². The summed E-state index contributed by atoms with van der Waals surface area (Å²) in [4.78, 5) is 4.29. The predicted molar refractivity (Wildman–Crippen MR) is 83.3 cm³/mol. The van der Waals surface area contributed by atoms with E-state index in [2.05, 4.69) is 10.1 Å². The number of ether oxygens (including phenoxy) is 1. The van der Waals surface area contributed by atoms with Crippen LogP contribution >= 0.6 is 0 Å². The van der Waals surface area contributed by atoms with Crippen LogP contribution in [0, 0.1) is 0 Å². The van der Waals surface area contributed by atoms with Gasteiger partial charge in [-0.3, -0.25) is 0 Å². The molecule has 0 bridgehead atoms. The normalized spacial score (nSPS) is 10.6. The van der Waals surface area contributed by atoms with E-state index in [1.165, 1.54) is 0 Å². The molecule has 0 radical (unpaired) electrons. The summed E-state index contributed by atoms with van der Waals surface area (Å²) in [5.41, 5.74) is 7.49. The molecule has 3 aromatic rings. The van der Waals surface area contributed by atoms with Crippen molar-refractivity contribution in [3.63, 3.8) is 0 Å². The topological polar surface area (TPSA) is 74.2 Å². The van der Waals surface area contributed by atoms with Crippen molar-refractivity contribution in [2.24, 2.45) is 5.73 Å². The number of benzene rings is 2. The van der Waals surface area contributed by atoms with Crippen LogP contribution in [0.4, 0.5) is 0 Å². The summed E-state index contributed by atoms with van der Waals surface area (Å²) in [6, 6.07) is 17.7. The Kier molecular flexibility index (Phi) is 4.46. The average Bonchev–Trinajstić information content (AvgIpc) is 3.03. The Hall–Kier alpha value is -2.66. The highest BCUT2D eigenvalue weighted by atomic mass is 16.5. The first-order valence-corrected chi connectivity index (χ1v) is 7.15. The highest BCUT2D eigenvalue weighted by Gasteiger charge is 2.08. The van der Waals surface area contributed by atoms with Crippen molar-refractivity contribution in [3.05, 3.63) is 66.1 Å². The molecule has 1 heterocycles. The lowest BCUT2D eigenvalue weighted by molar-refractivity contribution is 0.306. The van der Waals surface area contributed by atoms with Crippen LogP contribution in [0.25, 0.3) is 11.4 Å². The SMILES string of the molecule is NCCc1nc(-c2ccc(OCc3ccccc3)cc2)no1. The molecule has 5 heteroatoms. The number of hydrogen-bond donors (Lipinski definition) is 1. The van der Waals surface area contributed by atoms with Crippen LogP contribution in [0.15, 0.2) is 59.1 Å². The maximum absolute atomic E-state index is 5.75. The Morgan fingerprint density at radius 1 is 1.00 bits per heavy atom. The highest BCUT2D eigenvalue weighted by Crippen LogP contribution is 2.20. The molecule has 0 unspecified atom stereocenters. The van der Waals surface area contributed by atoms with Gasteiger partial charge >= 0.3 is 0 Å². The summed E-state index contributed by atoms with van der Waals surface area (Å²) in [5.74, 6) is 1.93. The number of nitrogens with zero attached hydrogens (tertiary/aromatic N) is 2. The van der Waals surface area contributed by atoms with Crippen LogP contribution in [0.3, 0.4) is 0 Å². The van der Waals surface area contributed by atoms with Gasteiger partial charge in [0.15, 0.2) is 0 Å². The second-order valence-corrected chi connectivity index (χ2v) is 4.85. The second-order valence-electron chi connectivity index (χ2n) is 4.85. The molecule has 5 nitrogen and oxygen atoms in total. The lowest BCUT2D eigenvalue weighted by Gasteiger charge is -2.06. The molecule has 0 aliphatic rings. The Morgan fingerprint density at radius 3 is 2.50 bits per heavy atom. The Morgan fingerprint density at radius 2 is 1.77 bits per heavy atom. The van der Waals surface area contributed by atoms with Crippen molar-refractivity contribution < 1.29 is 9.26 Å². The molecule has 2 aromatic carbocycles. The first-order valence-electron chi connectivity index (χ1n) is 7.15. The summed E-state index contributed by atoms with van der Waals surface area (Å²) in [6.45, 7) is 1.04. The Balaban J connectivity index is 1.64. The summed E-state index contributed by atoms with van der Waals surface area (Å²) in [6.07, 6.45) is 0.589. The largest absolute Gasteiger partial charge is 0.489 e. The molecule has 3 rings (SSSR count). The van der Waals surface area contributed by atoms with Crippen molar-refractivity contribution in [1.29, 1.82) is 0 Å². The molecule has 0 saturated carbocycles. The maximum Gasteiger partial charge on any atom is 0.228 e. The summed E-state index contributed by atoms with van der Waals surface area (Å²) >= 11 is 0. The lowest BCUT2D eigenvalue weighted by Crippen LogP contribution is -2.02. The fraction of sp³-hybridized carbons (Fsp3) is 0.176. The van der Waals surface area contributed by atoms with E-state index in [4.69, 9.17) is 15.0 Å². The molecule has 0 amide bonds. The molecule has 1 aromatic heterocycles. The minimum absolute atomic E-state index is 0.494. The lowest BCUT2D eigenvalue weighted by atomic mass is 10.2. The van der Waals surface area contributed by atoms with E-state index >= 15 is 0 Å². The van der Waals surface area contributed by atoms with E-state index in [1.807, 2.05) is 54.6 Å². The van der Waals surface area contributed by atoms with Gasteiger partial charge in [-0.25, -0.2) is 0 Å². The molecule has 0 aliphatic heterocycles. The van der Waals surface area contributed by atoms with Crippen molar-refractivity contribution in [1.82, 2.24) is 10.1 Å². The fourth-order valence-corrected chi connectivity index (χ4v) is 2.04. The van der Waals surface area contributed by atoms with Gasteiger partial charge in [-0.2, -0.15) is 4.98 Å². The minimum atomic E-state index is 0.494. The van der Waals surface area contributed by atoms with E-state index < -0.39 is 0 Å². The van der Waals surface area contributed by atoms with Crippen LogP contribution in [-0.2, 0) is 13.0 Å². The van der Waals surface area contributed by atoms with Gasteiger partial charge < -0.3 is 15.0 Å². The van der Waals surface area contributed by atoms with Crippen LogP contribution < -0.4 is 10.5 Å². The standard InChI is InChI=1S/C17H17N3O2/c18-11-10-16-19-17(20-22-16)14-6-8-15(9-7-14)21-12-13-4-2-1-3-5-13/h1-9H,10-12,18H2. The fourth-order valence-electron chi connectivity index (χ4n) is 2.04. The van der Waals surface area contributed by atoms with E-state index in [1.54, 1.807) is 0 Å². The van der Waals surface area contributed by atoms with Gasteiger partial charge in [0.05, 0.1) is 0 Å². The minimum Gasteiger partial charge on any atom is -0.489 e. The van der Waals surface area contributed by atoms with Crippen LogP contribution in [0.2, 0.25) is 0 Å². The zero-order valence-corrected chi connectivity index (χ0v) is 12.1. The van der Waals surface area contributed by atoms with Gasteiger partial charge in [0, 0.05) is 18.5 Å². The van der Waals surface area contributed by atoms with Gasteiger partial charge in [-0.05, 0) is 29.8 Å². The number of rotatable bonds is 6. The number of hydrogen-bond acceptors (Lipinski definition) is 5. The van der Waals surface area contributed by atoms with Gasteiger partial charge in [0.25, 0.3) is 0 Å². The highest BCUT2D eigenvalue weighted by molar-refractivity contribution is 5.55. The molecule has 2 N–H and O–H groups in total. The maximum atomic E-state index is 5.75. The summed E-state index contributed by atoms with van der Waals surface area (Å²) in [7, 11) is 0. The Bertz CT molecular complexity index is 708.